The minimum Gasteiger partial charge on any atom is -0.299 e. The maximum absolute atomic E-state index is 2.62. The molecule has 0 amide bonds. The Labute approximate surface area is 110 Å². The number of hydrogen-bond acceptors (Lipinski definition) is 2. The third-order valence-electron chi connectivity index (χ3n) is 3.62. The molecule has 0 saturated carbocycles. The average Bonchev–Trinajstić information content (AvgIpc) is 2.74. The van der Waals surface area contributed by atoms with Crippen LogP contribution >= 0.6 is 11.3 Å². The Kier molecular flexibility index (Phi) is 5.05. The molecule has 0 aromatic carbocycles. The molecule has 2 heteroatoms. The Hall–Kier alpha value is -0.340. The van der Waals surface area contributed by atoms with Crippen LogP contribution < -0.4 is 0 Å². The molecule has 0 aliphatic heterocycles. The van der Waals surface area contributed by atoms with Crippen LogP contribution in [0, 0.1) is 0 Å². The Balaban J connectivity index is 2.03. The number of rotatable bonds is 6. The molecule has 0 atom stereocenters. The molecule has 0 spiro atoms. The van der Waals surface area contributed by atoms with Gasteiger partial charge in [0.2, 0.25) is 0 Å². The first-order chi connectivity index (χ1) is 8.35. The van der Waals surface area contributed by atoms with Gasteiger partial charge in [0.25, 0.3) is 0 Å². The summed E-state index contributed by atoms with van der Waals surface area (Å²) in [5, 5.41) is 2.42. The van der Waals surface area contributed by atoms with Crippen molar-refractivity contribution in [2.24, 2.45) is 0 Å². The number of aryl methyl sites for hydroxylation is 1. The molecule has 2 rings (SSSR count). The van der Waals surface area contributed by atoms with Gasteiger partial charge in [0.1, 0.15) is 0 Å². The molecule has 1 heterocycles. The van der Waals surface area contributed by atoms with Crippen LogP contribution in [0.5, 0.6) is 0 Å². The maximum atomic E-state index is 2.62. The topological polar surface area (TPSA) is 3.24 Å². The van der Waals surface area contributed by atoms with Gasteiger partial charge in [-0.1, -0.05) is 13.8 Å². The first-order valence-corrected chi connectivity index (χ1v) is 8.03. The average molecular weight is 251 g/mol. The summed E-state index contributed by atoms with van der Waals surface area (Å²) in [4.78, 5) is 4.30. The summed E-state index contributed by atoms with van der Waals surface area (Å²) in [6.07, 6.45) is 8.01. The minimum atomic E-state index is 1.19. The van der Waals surface area contributed by atoms with E-state index in [-0.39, 0.29) is 0 Å². The Morgan fingerprint density at radius 1 is 1.12 bits per heavy atom. The highest BCUT2D eigenvalue weighted by Gasteiger charge is 2.16. The number of nitrogens with zero attached hydrogens (tertiary/aromatic N) is 1. The van der Waals surface area contributed by atoms with E-state index >= 15 is 0 Å². The molecule has 0 saturated heterocycles. The molecule has 1 aromatic heterocycles. The van der Waals surface area contributed by atoms with Crippen molar-refractivity contribution in [1.82, 2.24) is 4.90 Å². The van der Waals surface area contributed by atoms with Gasteiger partial charge in [-0.05, 0) is 68.1 Å². The highest BCUT2D eigenvalue weighted by atomic mass is 32.1. The molecule has 0 bridgehead atoms. The van der Waals surface area contributed by atoms with Crippen LogP contribution in [0.3, 0.4) is 0 Å². The summed E-state index contributed by atoms with van der Waals surface area (Å²) in [5.41, 5.74) is 3.34. The van der Waals surface area contributed by atoms with E-state index in [1.165, 1.54) is 58.2 Å². The summed E-state index contributed by atoms with van der Waals surface area (Å²) in [5.74, 6) is 0. The maximum Gasteiger partial charge on any atom is 0.0244 e. The quantitative estimate of drug-likeness (QED) is 0.730. The molecule has 1 aromatic rings. The molecular formula is C15H25NS. The highest BCUT2D eigenvalue weighted by Crippen LogP contribution is 2.30. The summed E-state index contributed by atoms with van der Waals surface area (Å²) < 4.78 is 0. The van der Waals surface area contributed by atoms with Gasteiger partial charge in [-0.15, -0.1) is 11.3 Å². The van der Waals surface area contributed by atoms with Crippen molar-refractivity contribution in [3.05, 3.63) is 21.4 Å². The van der Waals surface area contributed by atoms with Crippen molar-refractivity contribution in [1.29, 1.82) is 0 Å². The van der Waals surface area contributed by atoms with Crippen LogP contribution in [-0.2, 0) is 19.4 Å². The fourth-order valence-corrected chi connectivity index (χ4v) is 3.98. The van der Waals surface area contributed by atoms with E-state index in [9.17, 15) is 0 Å². The van der Waals surface area contributed by atoms with E-state index in [4.69, 9.17) is 0 Å². The van der Waals surface area contributed by atoms with Gasteiger partial charge in [0, 0.05) is 11.4 Å². The van der Waals surface area contributed by atoms with Crippen molar-refractivity contribution in [2.75, 3.05) is 13.1 Å². The van der Waals surface area contributed by atoms with Crippen LogP contribution in [0.15, 0.2) is 5.38 Å². The van der Waals surface area contributed by atoms with E-state index in [1.54, 1.807) is 16.0 Å². The van der Waals surface area contributed by atoms with Gasteiger partial charge in [0.15, 0.2) is 0 Å². The van der Waals surface area contributed by atoms with Gasteiger partial charge >= 0.3 is 0 Å². The van der Waals surface area contributed by atoms with Crippen LogP contribution in [0.4, 0.5) is 0 Å². The van der Waals surface area contributed by atoms with Crippen molar-refractivity contribution < 1.29 is 0 Å². The summed E-state index contributed by atoms with van der Waals surface area (Å²) >= 11 is 2.00. The molecule has 0 fully saturated rings. The molecule has 96 valence electrons. The smallest absolute Gasteiger partial charge is 0.0244 e. The molecule has 1 aliphatic carbocycles. The molecule has 0 unspecified atom stereocenters. The summed E-state index contributed by atoms with van der Waals surface area (Å²) in [7, 11) is 0. The zero-order valence-electron chi connectivity index (χ0n) is 11.3. The Morgan fingerprint density at radius 3 is 2.53 bits per heavy atom. The van der Waals surface area contributed by atoms with Crippen LogP contribution in [0.25, 0.3) is 0 Å². The fraction of sp³-hybridized carbons (Fsp3) is 0.733. The minimum absolute atomic E-state index is 1.19. The van der Waals surface area contributed by atoms with Gasteiger partial charge < -0.3 is 0 Å². The monoisotopic (exact) mass is 251 g/mol. The molecule has 0 radical (unpaired) electrons. The second-order valence-corrected chi connectivity index (χ2v) is 6.11. The summed E-state index contributed by atoms with van der Waals surface area (Å²) in [6.45, 7) is 8.25. The fourth-order valence-electron chi connectivity index (χ4n) is 2.84. The van der Waals surface area contributed by atoms with Gasteiger partial charge in [-0.2, -0.15) is 0 Å². The lowest BCUT2D eigenvalue weighted by Crippen LogP contribution is -2.25. The first kappa shape index (κ1) is 13.1. The zero-order valence-corrected chi connectivity index (χ0v) is 12.1. The lowest BCUT2D eigenvalue weighted by molar-refractivity contribution is 0.266. The number of thiophene rings is 1. The number of fused-ring (bicyclic) bond motifs is 1. The van der Waals surface area contributed by atoms with Gasteiger partial charge in [-0.25, -0.2) is 0 Å². The Morgan fingerprint density at radius 2 is 1.82 bits per heavy atom. The molecular weight excluding hydrogens is 226 g/mol. The van der Waals surface area contributed by atoms with Crippen LogP contribution in [0.2, 0.25) is 0 Å². The third kappa shape index (κ3) is 3.32. The van der Waals surface area contributed by atoms with Crippen LogP contribution in [0.1, 0.15) is 55.5 Å². The van der Waals surface area contributed by atoms with Gasteiger partial charge in [0.05, 0.1) is 0 Å². The van der Waals surface area contributed by atoms with Crippen molar-refractivity contribution in [3.63, 3.8) is 0 Å². The predicted molar refractivity (Wildman–Crippen MR) is 76.8 cm³/mol. The summed E-state index contributed by atoms with van der Waals surface area (Å²) in [6, 6.07) is 0. The van der Waals surface area contributed by atoms with E-state index in [0.29, 0.717) is 0 Å². The first-order valence-electron chi connectivity index (χ1n) is 7.15. The van der Waals surface area contributed by atoms with E-state index in [2.05, 4.69) is 24.1 Å². The lowest BCUT2D eigenvalue weighted by atomic mass is 9.96. The SMILES string of the molecule is CCCN(CCC)Cc1csc2c1CCCC2. The Bertz CT molecular complexity index is 337. The van der Waals surface area contributed by atoms with Crippen molar-refractivity contribution in [3.8, 4) is 0 Å². The van der Waals surface area contributed by atoms with E-state index in [0.717, 1.165) is 0 Å². The van der Waals surface area contributed by atoms with Crippen molar-refractivity contribution in [2.45, 2.75) is 58.9 Å². The largest absolute Gasteiger partial charge is 0.299 e. The normalized spacial score (nSPS) is 15.2. The van der Waals surface area contributed by atoms with Gasteiger partial charge in [-0.3, -0.25) is 4.90 Å². The van der Waals surface area contributed by atoms with E-state index < -0.39 is 0 Å². The molecule has 17 heavy (non-hydrogen) atoms. The molecule has 0 N–H and O–H groups in total. The predicted octanol–water partition coefficient (Wildman–Crippen LogP) is 4.25. The van der Waals surface area contributed by atoms with E-state index in [1.807, 2.05) is 11.3 Å². The second kappa shape index (κ2) is 6.55. The zero-order chi connectivity index (χ0) is 12.1. The lowest BCUT2D eigenvalue weighted by Gasteiger charge is -2.22. The standard InChI is InChI=1S/C15H25NS/c1-3-9-16(10-4-2)11-13-12-17-15-8-6-5-7-14(13)15/h12H,3-11H2,1-2H3. The van der Waals surface area contributed by atoms with Crippen molar-refractivity contribution >= 4 is 11.3 Å². The molecule has 1 aliphatic rings. The highest BCUT2D eigenvalue weighted by molar-refractivity contribution is 7.10. The number of hydrogen-bond donors (Lipinski definition) is 0. The third-order valence-corrected chi connectivity index (χ3v) is 4.76. The second-order valence-electron chi connectivity index (χ2n) is 5.15. The van der Waals surface area contributed by atoms with Crippen LogP contribution in [-0.4, -0.2) is 18.0 Å². The molecule has 1 nitrogen and oxygen atoms in total.